The number of aliphatic hydroxyl groups is 1. The number of hydrogen-bond acceptors (Lipinski definition) is 2. The average Bonchev–Trinajstić information content (AvgIpc) is 2.77. The van der Waals surface area contributed by atoms with Crippen LogP contribution in [-0.2, 0) is 13.0 Å². The molecule has 0 aliphatic rings. The Kier molecular flexibility index (Phi) is 2.61. The standard InChI is InChI=1S/C15H14OS/c1-2-10-5-3-7-12-13-8-4-6-11(9-16)15(13)17-14(10)12/h3-8,16H,2,9H2,1H3. The molecule has 0 unspecified atom stereocenters. The Morgan fingerprint density at radius 2 is 1.53 bits per heavy atom. The fraction of sp³-hybridized carbons (Fsp3) is 0.200. The van der Waals surface area contributed by atoms with E-state index < -0.39 is 0 Å². The molecule has 0 amide bonds. The molecule has 0 atom stereocenters. The van der Waals surface area contributed by atoms with Crippen molar-refractivity contribution in [1.29, 1.82) is 0 Å². The fourth-order valence-electron chi connectivity index (χ4n) is 2.34. The van der Waals surface area contributed by atoms with Crippen LogP contribution in [0, 0.1) is 0 Å². The van der Waals surface area contributed by atoms with Crippen LogP contribution in [0.2, 0.25) is 0 Å². The van der Waals surface area contributed by atoms with Gasteiger partial charge in [0, 0.05) is 20.2 Å². The Morgan fingerprint density at radius 3 is 2.12 bits per heavy atom. The quantitative estimate of drug-likeness (QED) is 0.717. The van der Waals surface area contributed by atoms with Crippen LogP contribution in [0.5, 0.6) is 0 Å². The molecule has 0 saturated carbocycles. The van der Waals surface area contributed by atoms with Crippen molar-refractivity contribution in [2.24, 2.45) is 0 Å². The molecule has 0 aliphatic carbocycles. The van der Waals surface area contributed by atoms with E-state index in [-0.39, 0.29) is 6.61 Å². The summed E-state index contributed by atoms with van der Waals surface area (Å²) in [5, 5.41) is 12.0. The first-order valence-corrected chi connectivity index (χ1v) is 6.69. The number of rotatable bonds is 2. The van der Waals surface area contributed by atoms with E-state index in [2.05, 4.69) is 31.2 Å². The first-order chi connectivity index (χ1) is 8.35. The molecule has 1 nitrogen and oxygen atoms in total. The van der Waals surface area contributed by atoms with Crippen LogP contribution in [0.4, 0.5) is 0 Å². The van der Waals surface area contributed by atoms with Gasteiger partial charge in [-0.1, -0.05) is 43.3 Å². The van der Waals surface area contributed by atoms with E-state index in [1.807, 2.05) is 12.1 Å². The number of hydrogen-bond donors (Lipinski definition) is 1. The Morgan fingerprint density at radius 1 is 0.941 bits per heavy atom. The van der Waals surface area contributed by atoms with Gasteiger partial charge in [-0.3, -0.25) is 0 Å². The van der Waals surface area contributed by atoms with Gasteiger partial charge in [0.15, 0.2) is 0 Å². The molecule has 1 N–H and O–H groups in total. The van der Waals surface area contributed by atoms with Crippen LogP contribution in [0.25, 0.3) is 20.2 Å². The van der Waals surface area contributed by atoms with Gasteiger partial charge >= 0.3 is 0 Å². The maximum Gasteiger partial charge on any atom is 0.0695 e. The van der Waals surface area contributed by atoms with E-state index in [0.29, 0.717) is 0 Å². The largest absolute Gasteiger partial charge is 0.392 e. The highest BCUT2D eigenvalue weighted by atomic mass is 32.1. The third-order valence-electron chi connectivity index (χ3n) is 3.24. The first kappa shape index (κ1) is 10.8. The van der Waals surface area contributed by atoms with Crippen molar-refractivity contribution in [3.05, 3.63) is 47.5 Å². The highest BCUT2D eigenvalue weighted by Gasteiger charge is 2.09. The Bertz CT molecular complexity index is 624. The fourth-order valence-corrected chi connectivity index (χ4v) is 3.73. The minimum atomic E-state index is 0.117. The SMILES string of the molecule is CCc1cccc2c1sc1c(CO)cccc12. The number of aliphatic hydroxyl groups excluding tert-OH is 1. The summed E-state index contributed by atoms with van der Waals surface area (Å²) < 4.78 is 2.59. The summed E-state index contributed by atoms with van der Waals surface area (Å²) in [6.07, 6.45) is 1.05. The highest BCUT2D eigenvalue weighted by Crippen LogP contribution is 2.37. The summed E-state index contributed by atoms with van der Waals surface area (Å²) in [5.74, 6) is 0. The highest BCUT2D eigenvalue weighted by molar-refractivity contribution is 7.26. The smallest absolute Gasteiger partial charge is 0.0695 e. The molecule has 3 aromatic rings. The van der Waals surface area contributed by atoms with Gasteiger partial charge in [0.25, 0.3) is 0 Å². The Labute approximate surface area is 104 Å². The van der Waals surface area contributed by atoms with Crippen LogP contribution in [0.15, 0.2) is 36.4 Å². The van der Waals surface area contributed by atoms with Gasteiger partial charge in [0.2, 0.25) is 0 Å². The zero-order chi connectivity index (χ0) is 11.8. The Hall–Kier alpha value is -1.38. The molecule has 2 aromatic carbocycles. The lowest BCUT2D eigenvalue weighted by Crippen LogP contribution is -1.81. The van der Waals surface area contributed by atoms with Crippen molar-refractivity contribution >= 4 is 31.5 Å². The molecular weight excluding hydrogens is 228 g/mol. The third-order valence-corrected chi connectivity index (χ3v) is 4.61. The maximum atomic E-state index is 9.39. The summed E-state index contributed by atoms with van der Waals surface area (Å²) in [4.78, 5) is 0. The minimum absolute atomic E-state index is 0.117. The normalized spacial score (nSPS) is 11.4. The van der Waals surface area contributed by atoms with Gasteiger partial charge in [-0.25, -0.2) is 0 Å². The van der Waals surface area contributed by atoms with E-state index in [1.165, 1.54) is 25.7 Å². The summed E-state index contributed by atoms with van der Waals surface area (Å²) in [7, 11) is 0. The van der Waals surface area contributed by atoms with E-state index in [9.17, 15) is 5.11 Å². The van der Waals surface area contributed by atoms with Crippen molar-refractivity contribution in [1.82, 2.24) is 0 Å². The average molecular weight is 242 g/mol. The topological polar surface area (TPSA) is 20.2 Å². The van der Waals surface area contributed by atoms with Crippen molar-refractivity contribution in [3.8, 4) is 0 Å². The van der Waals surface area contributed by atoms with Crippen molar-refractivity contribution in [2.75, 3.05) is 0 Å². The van der Waals surface area contributed by atoms with Crippen molar-refractivity contribution in [3.63, 3.8) is 0 Å². The molecule has 17 heavy (non-hydrogen) atoms. The van der Waals surface area contributed by atoms with Crippen LogP contribution >= 0.6 is 11.3 Å². The lowest BCUT2D eigenvalue weighted by Gasteiger charge is -1.98. The monoisotopic (exact) mass is 242 g/mol. The minimum Gasteiger partial charge on any atom is -0.392 e. The molecule has 0 radical (unpaired) electrons. The van der Waals surface area contributed by atoms with Gasteiger partial charge in [0.1, 0.15) is 0 Å². The van der Waals surface area contributed by atoms with E-state index in [1.54, 1.807) is 11.3 Å². The molecule has 0 spiro atoms. The zero-order valence-electron chi connectivity index (χ0n) is 9.73. The summed E-state index contributed by atoms with van der Waals surface area (Å²) in [6.45, 7) is 2.30. The van der Waals surface area contributed by atoms with Crippen LogP contribution < -0.4 is 0 Å². The molecule has 1 aromatic heterocycles. The molecule has 1 heterocycles. The van der Waals surface area contributed by atoms with Crippen LogP contribution in [0.1, 0.15) is 18.1 Å². The molecular formula is C15H14OS. The maximum absolute atomic E-state index is 9.39. The lowest BCUT2D eigenvalue weighted by atomic mass is 10.1. The molecule has 3 rings (SSSR count). The number of fused-ring (bicyclic) bond motifs is 3. The molecule has 0 fully saturated rings. The van der Waals surface area contributed by atoms with Crippen molar-refractivity contribution < 1.29 is 5.11 Å². The molecule has 0 bridgehead atoms. The second-order valence-electron chi connectivity index (χ2n) is 4.20. The van der Waals surface area contributed by atoms with Crippen LogP contribution in [-0.4, -0.2) is 5.11 Å². The van der Waals surface area contributed by atoms with Gasteiger partial charge < -0.3 is 5.11 Å². The molecule has 0 aliphatic heterocycles. The van der Waals surface area contributed by atoms with Crippen molar-refractivity contribution in [2.45, 2.75) is 20.0 Å². The predicted octanol–water partition coefficient (Wildman–Crippen LogP) is 4.11. The lowest BCUT2D eigenvalue weighted by molar-refractivity contribution is 0.283. The van der Waals surface area contributed by atoms with Gasteiger partial charge in [-0.05, 0) is 17.5 Å². The van der Waals surface area contributed by atoms with Gasteiger partial charge in [0.05, 0.1) is 6.61 Å². The summed E-state index contributed by atoms with van der Waals surface area (Å²) >= 11 is 1.80. The van der Waals surface area contributed by atoms with E-state index >= 15 is 0 Å². The predicted molar refractivity (Wildman–Crippen MR) is 74.6 cm³/mol. The zero-order valence-corrected chi connectivity index (χ0v) is 10.6. The summed E-state index contributed by atoms with van der Waals surface area (Å²) in [5.41, 5.74) is 2.43. The number of benzene rings is 2. The van der Waals surface area contributed by atoms with E-state index in [4.69, 9.17) is 0 Å². The first-order valence-electron chi connectivity index (χ1n) is 5.88. The van der Waals surface area contributed by atoms with Crippen LogP contribution in [0.3, 0.4) is 0 Å². The second kappa shape index (κ2) is 4.13. The summed E-state index contributed by atoms with van der Waals surface area (Å²) in [6, 6.07) is 12.7. The molecule has 86 valence electrons. The van der Waals surface area contributed by atoms with Gasteiger partial charge in [-0.15, -0.1) is 11.3 Å². The Balaban J connectivity index is 2.49. The second-order valence-corrected chi connectivity index (χ2v) is 5.22. The van der Waals surface area contributed by atoms with E-state index in [0.717, 1.165) is 12.0 Å². The number of thiophene rings is 1. The molecule has 0 saturated heterocycles. The third kappa shape index (κ3) is 1.56. The molecule has 2 heteroatoms. The van der Waals surface area contributed by atoms with Gasteiger partial charge in [-0.2, -0.15) is 0 Å². The number of aryl methyl sites for hydroxylation is 1.